The molecule has 0 saturated carbocycles. The molecule has 0 aromatic carbocycles. The number of aromatic nitrogens is 1. The topological polar surface area (TPSA) is 59.2 Å². The maximum absolute atomic E-state index is 11.8. The predicted molar refractivity (Wildman–Crippen MR) is 65.9 cm³/mol. The largest absolute Gasteiger partial charge is 0.462 e. The Labute approximate surface area is 105 Å². The van der Waals surface area contributed by atoms with Gasteiger partial charge in [-0.1, -0.05) is 0 Å². The SMILES string of the molecule is CCOC(=O)c1c(C)[nH]c(C(=O)[C@@H](C)Cl)c1C. The van der Waals surface area contributed by atoms with Crippen LogP contribution in [-0.4, -0.2) is 28.7 Å². The van der Waals surface area contributed by atoms with E-state index < -0.39 is 11.3 Å². The maximum Gasteiger partial charge on any atom is 0.340 e. The zero-order valence-electron chi connectivity index (χ0n) is 10.4. The summed E-state index contributed by atoms with van der Waals surface area (Å²) in [6.45, 7) is 7.08. The highest BCUT2D eigenvalue weighted by Gasteiger charge is 2.24. The number of Topliss-reactive ketones (excluding diaryl/α,β-unsaturated/α-hetero) is 1. The Kier molecular flexibility index (Phi) is 4.34. The third-order valence-corrected chi connectivity index (χ3v) is 2.72. The Balaban J connectivity index is 3.19. The minimum absolute atomic E-state index is 0.220. The molecule has 1 N–H and O–H groups in total. The molecule has 17 heavy (non-hydrogen) atoms. The fraction of sp³-hybridized carbons (Fsp3) is 0.500. The van der Waals surface area contributed by atoms with E-state index in [1.807, 2.05) is 0 Å². The summed E-state index contributed by atoms with van der Waals surface area (Å²) in [4.78, 5) is 26.4. The molecule has 0 unspecified atom stereocenters. The van der Waals surface area contributed by atoms with Crippen LogP contribution in [-0.2, 0) is 4.74 Å². The fourth-order valence-electron chi connectivity index (χ4n) is 1.70. The van der Waals surface area contributed by atoms with Crippen molar-refractivity contribution >= 4 is 23.4 Å². The number of carbonyl (C=O) groups is 2. The molecule has 0 aliphatic heterocycles. The lowest BCUT2D eigenvalue weighted by Crippen LogP contribution is -2.13. The van der Waals surface area contributed by atoms with E-state index in [2.05, 4.69) is 4.98 Å². The highest BCUT2D eigenvalue weighted by Crippen LogP contribution is 2.21. The summed E-state index contributed by atoms with van der Waals surface area (Å²) in [7, 11) is 0. The molecular weight excluding hydrogens is 242 g/mol. The molecule has 94 valence electrons. The first-order valence-corrected chi connectivity index (χ1v) is 5.88. The van der Waals surface area contributed by atoms with Crippen LogP contribution in [0.5, 0.6) is 0 Å². The van der Waals surface area contributed by atoms with Crippen LogP contribution in [0.25, 0.3) is 0 Å². The van der Waals surface area contributed by atoms with Gasteiger partial charge in [0.25, 0.3) is 0 Å². The standard InChI is InChI=1S/C12H16ClNO3/c1-5-17-12(16)9-6(2)10(14-8(9)4)11(15)7(3)13/h7,14H,5H2,1-4H3/t7-/m1/s1. The Morgan fingerprint density at radius 2 is 2.00 bits per heavy atom. The van der Waals surface area contributed by atoms with Gasteiger partial charge in [0.2, 0.25) is 0 Å². The Morgan fingerprint density at radius 3 is 2.47 bits per heavy atom. The minimum atomic E-state index is -0.623. The van der Waals surface area contributed by atoms with Gasteiger partial charge in [-0.15, -0.1) is 11.6 Å². The molecule has 0 radical (unpaired) electrons. The van der Waals surface area contributed by atoms with Gasteiger partial charge in [0.05, 0.1) is 23.2 Å². The molecule has 1 heterocycles. The summed E-state index contributed by atoms with van der Waals surface area (Å²) in [6.07, 6.45) is 0. The number of carbonyl (C=O) groups excluding carboxylic acids is 2. The summed E-state index contributed by atoms with van der Waals surface area (Å²) in [5, 5.41) is -0.623. The number of nitrogens with one attached hydrogen (secondary N) is 1. The zero-order valence-corrected chi connectivity index (χ0v) is 11.1. The first-order valence-electron chi connectivity index (χ1n) is 5.44. The second kappa shape index (κ2) is 5.36. The molecule has 0 saturated heterocycles. The quantitative estimate of drug-likeness (QED) is 0.512. The van der Waals surface area contributed by atoms with Crippen LogP contribution in [0.1, 0.15) is 46.0 Å². The summed E-state index contributed by atoms with van der Waals surface area (Å²) in [6, 6.07) is 0. The Hall–Kier alpha value is -1.29. The molecule has 0 bridgehead atoms. The molecule has 0 spiro atoms. The maximum atomic E-state index is 11.8. The number of halogens is 1. The van der Waals surface area contributed by atoms with Crippen LogP contribution in [0.3, 0.4) is 0 Å². The van der Waals surface area contributed by atoms with Gasteiger partial charge in [0, 0.05) is 5.69 Å². The molecule has 0 fully saturated rings. The van der Waals surface area contributed by atoms with E-state index in [1.54, 1.807) is 27.7 Å². The smallest absolute Gasteiger partial charge is 0.340 e. The van der Waals surface area contributed by atoms with Crippen LogP contribution < -0.4 is 0 Å². The molecule has 0 aliphatic carbocycles. The van der Waals surface area contributed by atoms with Crippen LogP contribution in [0.15, 0.2) is 0 Å². The van der Waals surface area contributed by atoms with Gasteiger partial charge in [0.1, 0.15) is 0 Å². The van der Waals surface area contributed by atoms with Crippen molar-refractivity contribution in [2.75, 3.05) is 6.61 Å². The summed E-state index contributed by atoms with van der Waals surface area (Å²) < 4.78 is 4.94. The van der Waals surface area contributed by atoms with E-state index in [9.17, 15) is 9.59 Å². The average Bonchev–Trinajstić information content (AvgIpc) is 2.53. The summed E-state index contributed by atoms with van der Waals surface area (Å²) in [5.41, 5.74) is 2.03. The minimum Gasteiger partial charge on any atom is -0.462 e. The number of aryl methyl sites for hydroxylation is 1. The molecule has 1 atom stereocenters. The van der Waals surface area contributed by atoms with Crippen molar-refractivity contribution in [3.8, 4) is 0 Å². The highest BCUT2D eigenvalue weighted by molar-refractivity contribution is 6.33. The van der Waals surface area contributed by atoms with Gasteiger partial charge in [-0.05, 0) is 33.3 Å². The molecule has 4 nitrogen and oxygen atoms in total. The third kappa shape index (κ3) is 2.69. The number of esters is 1. The van der Waals surface area contributed by atoms with Crippen LogP contribution in [0.4, 0.5) is 0 Å². The third-order valence-electron chi connectivity index (χ3n) is 2.52. The number of hydrogen-bond acceptors (Lipinski definition) is 3. The Morgan fingerprint density at radius 1 is 1.41 bits per heavy atom. The number of aromatic amines is 1. The molecule has 1 rings (SSSR count). The van der Waals surface area contributed by atoms with Crippen molar-refractivity contribution in [2.45, 2.75) is 33.1 Å². The molecule has 0 aliphatic rings. The Bertz CT molecular complexity index is 449. The lowest BCUT2D eigenvalue weighted by Gasteiger charge is -2.03. The number of ether oxygens (including phenoxy) is 1. The molecule has 1 aromatic rings. The first-order chi connectivity index (χ1) is 7.90. The number of alkyl halides is 1. The van der Waals surface area contributed by atoms with E-state index in [0.29, 0.717) is 29.1 Å². The summed E-state index contributed by atoms with van der Waals surface area (Å²) >= 11 is 5.75. The van der Waals surface area contributed by atoms with Gasteiger partial charge in [0.15, 0.2) is 5.78 Å². The normalized spacial score (nSPS) is 12.3. The second-order valence-electron chi connectivity index (χ2n) is 3.83. The van der Waals surface area contributed by atoms with Crippen LogP contribution in [0.2, 0.25) is 0 Å². The van der Waals surface area contributed by atoms with E-state index >= 15 is 0 Å². The highest BCUT2D eigenvalue weighted by atomic mass is 35.5. The molecule has 0 amide bonds. The lowest BCUT2D eigenvalue weighted by molar-refractivity contribution is 0.0525. The van der Waals surface area contributed by atoms with Crippen LogP contribution in [0, 0.1) is 13.8 Å². The van der Waals surface area contributed by atoms with Gasteiger partial charge in [-0.3, -0.25) is 4.79 Å². The molecular formula is C12H16ClNO3. The van der Waals surface area contributed by atoms with E-state index in [4.69, 9.17) is 16.3 Å². The first kappa shape index (κ1) is 13.8. The van der Waals surface area contributed by atoms with E-state index in [-0.39, 0.29) is 5.78 Å². The zero-order chi connectivity index (χ0) is 13.2. The monoisotopic (exact) mass is 257 g/mol. The van der Waals surface area contributed by atoms with Crippen molar-refractivity contribution in [3.63, 3.8) is 0 Å². The average molecular weight is 258 g/mol. The molecule has 1 aromatic heterocycles. The van der Waals surface area contributed by atoms with Gasteiger partial charge in [-0.2, -0.15) is 0 Å². The number of H-pyrrole nitrogens is 1. The van der Waals surface area contributed by atoms with Gasteiger partial charge < -0.3 is 9.72 Å². The number of ketones is 1. The van der Waals surface area contributed by atoms with Crippen molar-refractivity contribution in [1.82, 2.24) is 4.98 Å². The van der Waals surface area contributed by atoms with Gasteiger partial charge >= 0.3 is 5.97 Å². The van der Waals surface area contributed by atoms with E-state index in [0.717, 1.165) is 0 Å². The van der Waals surface area contributed by atoms with Crippen molar-refractivity contribution in [2.24, 2.45) is 0 Å². The summed E-state index contributed by atoms with van der Waals surface area (Å²) in [5.74, 6) is -0.636. The van der Waals surface area contributed by atoms with E-state index in [1.165, 1.54) is 0 Å². The number of hydrogen-bond donors (Lipinski definition) is 1. The van der Waals surface area contributed by atoms with Gasteiger partial charge in [-0.25, -0.2) is 4.79 Å². The fourth-order valence-corrected chi connectivity index (χ4v) is 1.81. The van der Waals surface area contributed by atoms with Crippen LogP contribution >= 0.6 is 11.6 Å². The van der Waals surface area contributed by atoms with Crippen molar-refractivity contribution < 1.29 is 14.3 Å². The number of rotatable bonds is 4. The van der Waals surface area contributed by atoms with Crippen molar-refractivity contribution in [1.29, 1.82) is 0 Å². The second-order valence-corrected chi connectivity index (χ2v) is 4.48. The molecule has 5 heteroatoms. The lowest BCUT2D eigenvalue weighted by atomic mass is 10.1. The predicted octanol–water partition coefficient (Wildman–Crippen LogP) is 2.62. The van der Waals surface area contributed by atoms with Crippen molar-refractivity contribution in [3.05, 3.63) is 22.5 Å².